The Morgan fingerprint density at radius 1 is 0.974 bits per heavy atom. The van der Waals surface area contributed by atoms with E-state index in [1.54, 1.807) is 12.2 Å². The van der Waals surface area contributed by atoms with Crippen LogP contribution in [0.4, 0.5) is 26.3 Å². The van der Waals surface area contributed by atoms with Crippen LogP contribution in [-0.2, 0) is 32.7 Å². The third-order valence-corrected chi connectivity index (χ3v) is 7.45. The van der Waals surface area contributed by atoms with Crippen molar-refractivity contribution in [3.05, 3.63) is 0 Å². The molecular weight excluding hydrogens is 586 g/mol. The van der Waals surface area contributed by atoms with Crippen LogP contribution in [0.5, 0.6) is 0 Å². The van der Waals surface area contributed by atoms with Crippen LogP contribution in [0.2, 0.25) is 0 Å². The summed E-state index contributed by atoms with van der Waals surface area (Å²) >= 11 is 0. The molecule has 39 heavy (non-hydrogen) atoms. The Bertz CT molecular complexity index is 828. The van der Waals surface area contributed by atoms with Gasteiger partial charge in [0, 0.05) is 39.4 Å². The van der Waals surface area contributed by atoms with Crippen molar-refractivity contribution in [2.75, 3.05) is 45.7 Å². The van der Waals surface area contributed by atoms with Gasteiger partial charge < -0.3 is 28.8 Å². The fraction of sp³-hybridized carbons (Fsp3) is 0.900. The molecule has 232 valence electrons. The minimum Gasteiger partial charge on any atom is -0.348 e. The molecule has 0 radical (unpaired) electrons. The van der Waals surface area contributed by atoms with Crippen molar-refractivity contribution < 1.29 is 64.0 Å². The molecule has 0 saturated heterocycles. The lowest BCUT2D eigenvalue weighted by molar-refractivity contribution is -0.265. The highest BCUT2D eigenvalue weighted by atomic mass is 31.2. The molecule has 0 aromatic carbocycles. The molecule has 0 fully saturated rings. The first-order valence-electron chi connectivity index (χ1n) is 12.1. The SMILES string of the molecule is CCOC(OCC)([PH2]=O)N(CCCN(CCCNC(=O)C(F)(F)F)CP(=O)(O)OC(C)CC)C(=O)C(F)(F)F. The van der Waals surface area contributed by atoms with E-state index in [4.69, 9.17) is 14.0 Å². The van der Waals surface area contributed by atoms with Crippen molar-refractivity contribution in [1.29, 1.82) is 0 Å². The summed E-state index contributed by atoms with van der Waals surface area (Å²) < 4.78 is 117. The quantitative estimate of drug-likeness (QED) is 0.0959. The van der Waals surface area contributed by atoms with E-state index in [1.165, 1.54) is 25.7 Å². The van der Waals surface area contributed by atoms with Crippen LogP contribution in [-0.4, -0.2) is 96.3 Å². The lowest BCUT2D eigenvalue weighted by Crippen LogP contribution is -2.56. The zero-order valence-electron chi connectivity index (χ0n) is 22.1. The highest BCUT2D eigenvalue weighted by Crippen LogP contribution is 2.44. The Morgan fingerprint density at radius 2 is 1.51 bits per heavy atom. The van der Waals surface area contributed by atoms with Crippen molar-refractivity contribution in [3.63, 3.8) is 0 Å². The van der Waals surface area contributed by atoms with E-state index >= 15 is 0 Å². The normalized spacial score (nSPS) is 15.5. The second-order valence-electron chi connectivity index (χ2n) is 8.25. The van der Waals surface area contributed by atoms with Gasteiger partial charge in [-0.05, 0) is 40.0 Å². The number of carbonyl (C=O) groups excluding carboxylic acids is 2. The summed E-state index contributed by atoms with van der Waals surface area (Å²) in [5.74, 6) is -4.55. The van der Waals surface area contributed by atoms with Crippen molar-refractivity contribution >= 4 is 27.9 Å². The summed E-state index contributed by atoms with van der Waals surface area (Å²) in [7, 11) is -6.52. The van der Waals surface area contributed by atoms with Gasteiger partial charge in [-0.15, -0.1) is 0 Å². The number of alkyl halides is 6. The van der Waals surface area contributed by atoms with Crippen LogP contribution in [0.1, 0.15) is 47.0 Å². The summed E-state index contributed by atoms with van der Waals surface area (Å²) in [6.45, 7) is 4.00. The molecule has 3 atom stereocenters. The lowest BCUT2D eigenvalue weighted by Gasteiger charge is -2.39. The summed E-state index contributed by atoms with van der Waals surface area (Å²) in [6.07, 6.45) is -11.7. The van der Waals surface area contributed by atoms with E-state index in [2.05, 4.69) is 0 Å². The van der Waals surface area contributed by atoms with Gasteiger partial charge in [0.15, 0.2) is 0 Å². The first-order chi connectivity index (χ1) is 17.9. The minimum atomic E-state index is -5.37. The average molecular weight is 623 g/mol. The highest BCUT2D eigenvalue weighted by Gasteiger charge is 2.51. The molecule has 0 aliphatic heterocycles. The van der Waals surface area contributed by atoms with Crippen LogP contribution in [0.15, 0.2) is 0 Å². The maximum Gasteiger partial charge on any atom is 0.471 e. The van der Waals surface area contributed by atoms with Gasteiger partial charge in [0.05, 0.1) is 6.10 Å². The smallest absolute Gasteiger partial charge is 0.348 e. The first kappa shape index (κ1) is 37.8. The number of nitrogens with zero attached hydrogens (tertiary/aromatic N) is 2. The van der Waals surface area contributed by atoms with Gasteiger partial charge in [-0.2, -0.15) is 26.3 Å². The van der Waals surface area contributed by atoms with E-state index in [-0.39, 0.29) is 44.0 Å². The zero-order valence-corrected chi connectivity index (χ0v) is 24.2. The summed E-state index contributed by atoms with van der Waals surface area (Å²) in [4.78, 5) is 34.8. The molecular formula is C20H37F6N3O8P2. The molecule has 11 nitrogen and oxygen atoms in total. The zero-order chi connectivity index (χ0) is 30.5. The number of hydrogen-bond acceptors (Lipinski definition) is 8. The van der Waals surface area contributed by atoms with Crippen LogP contribution in [0.3, 0.4) is 0 Å². The molecule has 0 spiro atoms. The van der Waals surface area contributed by atoms with Gasteiger partial charge in [0.2, 0.25) is 0 Å². The second kappa shape index (κ2) is 16.9. The van der Waals surface area contributed by atoms with Crippen LogP contribution in [0, 0.1) is 0 Å². The lowest BCUT2D eigenvalue weighted by atomic mass is 10.3. The van der Waals surface area contributed by atoms with Crippen molar-refractivity contribution in [1.82, 2.24) is 15.1 Å². The van der Waals surface area contributed by atoms with Gasteiger partial charge in [-0.25, -0.2) is 0 Å². The molecule has 3 unspecified atom stereocenters. The van der Waals surface area contributed by atoms with Gasteiger partial charge in [0.1, 0.15) is 14.7 Å². The number of carbonyl (C=O) groups is 2. The molecule has 19 heteroatoms. The maximum atomic E-state index is 13.4. The fourth-order valence-corrected chi connectivity index (χ4v) is 5.66. The van der Waals surface area contributed by atoms with Gasteiger partial charge in [-0.3, -0.25) is 24.0 Å². The van der Waals surface area contributed by atoms with Crippen LogP contribution < -0.4 is 5.32 Å². The number of hydrogen-bond donors (Lipinski definition) is 2. The third kappa shape index (κ3) is 13.8. The second-order valence-corrected chi connectivity index (χ2v) is 11.0. The van der Waals surface area contributed by atoms with E-state index in [1.807, 2.05) is 0 Å². The molecule has 0 rings (SSSR count). The van der Waals surface area contributed by atoms with Crippen LogP contribution >= 0.6 is 16.1 Å². The van der Waals surface area contributed by atoms with E-state index in [0.717, 1.165) is 0 Å². The van der Waals surface area contributed by atoms with Crippen molar-refractivity contribution in [2.45, 2.75) is 71.1 Å². The Balaban J connectivity index is 5.73. The Morgan fingerprint density at radius 3 is 1.95 bits per heavy atom. The predicted octanol–water partition coefficient (Wildman–Crippen LogP) is 3.54. The fourth-order valence-electron chi connectivity index (χ4n) is 3.25. The average Bonchev–Trinajstić information content (AvgIpc) is 2.81. The largest absolute Gasteiger partial charge is 0.471 e. The topological polar surface area (TPSA) is 135 Å². The Hall–Kier alpha value is -1.22. The summed E-state index contributed by atoms with van der Waals surface area (Å²) in [5.41, 5.74) is -2.48. The standard InChI is InChI=1S/C20H37F6N3O8P2/c1-5-15(4)37-39(33,34)14-28(11-8-10-27-16(30)18(21,22)23)12-9-13-29(17(31)19(24,25)26)20(38-32,35-6-2)36-7-3/h15H,5-14,38H2,1-4H3,(H,27,30)(H,33,34). The van der Waals surface area contributed by atoms with Gasteiger partial charge in [0.25, 0.3) is 0 Å². The molecule has 2 N–H and O–H groups in total. The van der Waals surface area contributed by atoms with E-state index in [0.29, 0.717) is 6.42 Å². The number of rotatable bonds is 19. The van der Waals surface area contributed by atoms with Crippen molar-refractivity contribution in [3.8, 4) is 0 Å². The highest BCUT2D eigenvalue weighted by molar-refractivity contribution is 7.52. The molecule has 0 aromatic heterocycles. The molecule has 2 amide bonds. The van der Waals surface area contributed by atoms with Crippen LogP contribution in [0.25, 0.3) is 0 Å². The number of amides is 2. The molecule has 0 aliphatic carbocycles. The summed E-state index contributed by atoms with van der Waals surface area (Å²) in [5, 5.41) is 1.65. The van der Waals surface area contributed by atoms with Gasteiger partial charge >= 0.3 is 37.4 Å². The van der Waals surface area contributed by atoms with E-state index < -0.39 is 71.4 Å². The Labute approximate surface area is 224 Å². The monoisotopic (exact) mass is 623 g/mol. The predicted molar refractivity (Wildman–Crippen MR) is 130 cm³/mol. The number of ether oxygens (including phenoxy) is 2. The number of halogens is 6. The minimum absolute atomic E-state index is 0.122. The third-order valence-electron chi connectivity index (χ3n) is 5.06. The maximum absolute atomic E-state index is 13.4. The molecule has 0 aliphatic rings. The van der Waals surface area contributed by atoms with Gasteiger partial charge in [-0.1, -0.05) is 6.92 Å². The molecule has 0 heterocycles. The van der Waals surface area contributed by atoms with Crippen molar-refractivity contribution in [2.24, 2.45) is 0 Å². The summed E-state index contributed by atoms with van der Waals surface area (Å²) in [6, 6.07) is 0. The Kier molecular flexibility index (Phi) is 16.4. The number of nitrogens with one attached hydrogen (secondary N) is 1. The first-order valence-corrected chi connectivity index (χ1v) is 14.9. The molecule has 0 aromatic rings. The molecule has 0 saturated carbocycles. The molecule has 0 bridgehead atoms. The van der Waals surface area contributed by atoms with E-state index in [9.17, 15) is 50.0 Å².